The van der Waals surface area contributed by atoms with E-state index in [-0.39, 0.29) is 5.82 Å². The van der Waals surface area contributed by atoms with Crippen LogP contribution in [0.5, 0.6) is 0 Å². The number of fused-ring (bicyclic) bond motifs is 1. The smallest absolute Gasteiger partial charge is 0.123 e. The second-order valence-electron chi connectivity index (χ2n) is 6.82. The third kappa shape index (κ3) is 3.06. The van der Waals surface area contributed by atoms with E-state index in [0.717, 1.165) is 37.1 Å². The number of hydrogen-bond acceptors (Lipinski definition) is 1. The van der Waals surface area contributed by atoms with Crippen LogP contribution in [0, 0.1) is 30.5 Å². The molecular formula is C18H26FN. The van der Waals surface area contributed by atoms with E-state index in [1.807, 2.05) is 6.07 Å². The summed E-state index contributed by atoms with van der Waals surface area (Å²) in [6.07, 6.45) is 6.39. The quantitative estimate of drug-likeness (QED) is 0.824. The Morgan fingerprint density at radius 1 is 1.25 bits per heavy atom. The third-order valence-corrected chi connectivity index (χ3v) is 5.26. The van der Waals surface area contributed by atoms with Crippen LogP contribution in [-0.4, -0.2) is 12.6 Å². The fourth-order valence-corrected chi connectivity index (χ4v) is 3.92. The first kappa shape index (κ1) is 14.1. The van der Waals surface area contributed by atoms with Gasteiger partial charge < -0.3 is 5.32 Å². The van der Waals surface area contributed by atoms with E-state index >= 15 is 0 Å². The van der Waals surface area contributed by atoms with Crippen molar-refractivity contribution in [1.29, 1.82) is 0 Å². The molecule has 2 aliphatic rings. The summed E-state index contributed by atoms with van der Waals surface area (Å²) < 4.78 is 13.5. The Hall–Kier alpha value is -0.890. The summed E-state index contributed by atoms with van der Waals surface area (Å²) in [7, 11) is 0. The maximum Gasteiger partial charge on any atom is 0.123 e. The molecule has 0 bridgehead atoms. The molecule has 3 unspecified atom stereocenters. The minimum atomic E-state index is -0.103. The van der Waals surface area contributed by atoms with Crippen molar-refractivity contribution in [3.05, 3.63) is 35.1 Å². The van der Waals surface area contributed by atoms with Crippen molar-refractivity contribution in [1.82, 2.24) is 5.32 Å². The van der Waals surface area contributed by atoms with E-state index in [4.69, 9.17) is 0 Å². The zero-order valence-electron chi connectivity index (χ0n) is 12.7. The molecule has 0 saturated heterocycles. The van der Waals surface area contributed by atoms with Gasteiger partial charge in [0, 0.05) is 6.04 Å². The van der Waals surface area contributed by atoms with Crippen LogP contribution in [0.2, 0.25) is 0 Å². The first-order valence-corrected chi connectivity index (χ1v) is 8.15. The topological polar surface area (TPSA) is 12.0 Å². The van der Waals surface area contributed by atoms with Gasteiger partial charge in [-0.3, -0.25) is 0 Å². The molecule has 1 aromatic rings. The van der Waals surface area contributed by atoms with E-state index < -0.39 is 0 Å². The van der Waals surface area contributed by atoms with E-state index in [9.17, 15) is 4.39 Å². The van der Waals surface area contributed by atoms with Crippen LogP contribution in [0.15, 0.2) is 18.2 Å². The summed E-state index contributed by atoms with van der Waals surface area (Å²) in [4.78, 5) is 0. The molecule has 110 valence electrons. The number of hydrogen-bond donors (Lipinski definition) is 1. The van der Waals surface area contributed by atoms with Crippen LogP contribution in [0.4, 0.5) is 4.39 Å². The second kappa shape index (κ2) is 5.85. The number of halogens is 1. The molecule has 1 N–H and O–H groups in total. The predicted octanol–water partition coefficient (Wildman–Crippen LogP) is 4.09. The monoisotopic (exact) mass is 275 g/mol. The number of rotatable bonds is 6. The number of benzene rings is 1. The first-order chi connectivity index (χ1) is 9.67. The van der Waals surface area contributed by atoms with Gasteiger partial charge in [0.2, 0.25) is 0 Å². The van der Waals surface area contributed by atoms with Crippen LogP contribution in [-0.2, 0) is 6.42 Å². The summed E-state index contributed by atoms with van der Waals surface area (Å²) in [6, 6.07) is 5.74. The van der Waals surface area contributed by atoms with Gasteiger partial charge in [0.05, 0.1) is 0 Å². The zero-order chi connectivity index (χ0) is 14.1. The minimum Gasteiger partial charge on any atom is -0.313 e. The zero-order valence-corrected chi connectivity index (χ0v) is 12.7. The highest BCUT2D eigenvalue weighted by molar-refractivity contribution is 5.27. The molecular weight excluding hydrogens is 249 g/mol. The van der Waals surface area contributed by atoms with Gasteiger partial charge in [-0.05, 0) is 86.6 Å². The SMILES string of the molecule is CCCNC(Cc1cc(F)ccc1C)C1CC2CC2C1. The summed E-state index contributed by atoms with van der Waals surface area (Å²) in [5.41, 5.74) is 2.40. The summed E-state index contributed by atoms with van der Waals surface area (Å²) in [5.74, 6) is 2.72. The van der Waals surface area contributed by atoms with Crippen molar-refractivity contribution in [3.63, 3.8) is 0 Å². The number of nitrogens with one attached hydrogen (secondary N) is 1. The van der Waals surface area contributed by atoms with Gasteiger partial charge in [-0.25, -0.2) is 4.39 Å². The molecule has 2 aliphatic carbocycles. The Morgan fingerprint density at radius 3 is 2.70 bits per heavy atom. The molecule has 1 nitrogen and oxygen atoms in total. The van der Waals surface area contributed by atoms with Crippen molar-refractivity contribution in [2.24, 2.45) is 17.8 Å². The molecule has 0 spiro atoms. The first-order valence-electron chi connectivity index (χ1n) is 8.15. The van der Waals surface area contributed by atoms with E-state index in [1.54, 1.807) is 12.1 Å². The highest BCUT2D eigenvalue weighted by atomic mass is 19.1. The Kier molecular flexibility index (Phi) is 4.11. The fourth-order valence-electron chi connectivity index (χ4n) is 3.92. The summed E-state index contributed by atoms with van der Waals surface area (Å²) in [6.45, 7) is 5.38. The minimum absolute atomic E-state index is 0.103. The average molecular weight is 275 g/mol. The van der Waals surface area contributed by atoms with Gasteiger partial charge in [-0.1, -0.05) is 13.0 Å². The van der Waals surface area contributed by atoms with Crippen LogP contribution >= 0.6 is 0 Å². The van der Waals surface area contributed by atoms with Gasteiger partial charge in [0.1, 0.15) is 5.82 Å². The van der Waals surface area contributed by atoms with Crippen LogP contribution in [0.3, 0.4) is 0 Å². The standard InChI is InChI=1S/C18H26FN/c1-3-6-20-18(16-8-14-7-15(14)9-16)11-13-10-17(19)5-4-12(13)2/h4-5,10,14-16,18,20H,3,6-9,11H2,1-2H3. The molecule has 0 amide bonds. The third-order valence-electron chi connectivity index (χ3n) is 5.26. The maximum absolute atomic E-state index is 13.5. The Bertz CT molecular complexity index is 460. The van der Waals surface area contributed by atoms with Crippen molar-refractivity contribution in [2.45, 2.75) is 52.0 Å². The van der Waals surface area contributed by atoms with Gasteiger partial charge >= 0.3 is 0 Å². The Balaban J connectivity index is 1.69. The lowest BCUT2D eigenvalue weighted by molar-refractivity contribution is 0.332. The lowest BCUT2D eigenvalue weighted by Gasteiger charge is -2.27. The molecule has 2 saturated carbocycles. The van der Waals surface area contributed by atoms with Crippen LogP contribution in [0.25, 0.3) is 0 Å². The van der Waals surface area contributed by atoms with Crippen LogP contribution < -0.4 is 5.32 Å². The van der Waals surface area contributed by atoms with E-state index in [2.05, 4.69) is 19.2 Å². The molecule has 0 aromatic heterocycles. The van der Waals surface area contributed by atoms with Gasteiger partial charge in [-0.15, -0.1) is 0 Å². The average Bonchev–Trinajstić information content (AvgIpc) is 3.05. The largest absolute Gasteiger partial charge is 0.313 e. The highest BCUT2D eigenvalue weighted by Crippen LogP contribution is 2.55. The molecule has 3 atom stereocenters. The van der Waals surface area contributed by atoms with Crippen molar-refractivity contribution in [3.8, 4) is 0 Å². The molecule has 1 aromatic carbocycles. The van der Waals surface area contributed by atoms with Gasteiger partial charge in [0.25, 0.3) is 0 Å². The molecule has 0 aliphatic heterocycles. The Labute approximate surface area is 122 Å². The normalized spacial score (nSPS) is 29.2. The summed E-state index contributed by atoms with van der Waals surface area (Å²) in [5, 5.41) is 3.73. The van der Waals surface area contributed by atoms with Crippen molar-refractivity contribution in [2.75, 3.05) is 6.54 Å². The lowest BCUT2D eigenvalue weighted by Crippen LogP contribution is -2.38. The summed E-state index contributed by atoms with van der Waals surface area (Å²) >= 11 is 0. The molecule has 2 heteroatoms. The second-order valence-corrected chi connectivity index (χ2v) is 6.82. The molecule has 2 fully saturated rings. The molecule has 0 heterocycles. The van der Waals surface area contributed by atoms with Crippen LogP contribution in [0.1, 0.15) is 43.7 Å². The predicted molar refractivity (Wildman–Crippen MR) is 81.2 cm³/mol. The highest BCUT2D eigenvalue weighted by Gasteiger charge is 2.47. The van der Waals surface area contributed by atoms with E-state index in [0.29, 0.717) is 6.04 Å². The van der Waals surface area contributed by atoms with Gasteiger partial charge in [0.15, 0.2) is 0 Å². The number of aryl methyl sites for hydroxylation is 1. The van der Waals surface area contributed by atoms with Crippen molar-refractivity contribution < 1.29 is 4.39 Å². The van der Waals surface area contributed by atoms with Crippen molar-refractivity contribution >= 4 is 0 Å². The molecule has 0 radical (unpaired) electrons. The fraction of sp³-hybridized carbons (Fsp3) is 0.667. The Morgan fingerprint density at radius 2 is 2.00 bits per heavy atom. The lowest BCUT2D eigenvalue weighted by atomic mass is 9.88. The molecule has 20 heavy (non-hydrogen) atoms. The van der Waals surface area contributed by atoms with Gasteiger partial charge in [-0.2, -0.15) is 0 Å². The molecule has 3 rings (SSSR count). The van der Waals surface area contributed by atoms with E-state index in [1.165, 1.54) is 30.4 Å². The maximum atomic E-state index is 13.5.